The van der Waals surface area contributed by atoms with Crippen molar-refractivity contribution in [3.8, 4) is 23.0 Å². The molecule has 3 aromatic rings. The first-order valence-electron chi connectivity index (χ1n) is 11.5. The van der Waals surface area contributed by atoms with Crippen molar-refractivity contribution in [2.75, 3.05) is 32.5 Å². The van der Waals surface area contributed by atoms with Crippen LogP contribution in [0.5, 0.6) is 23.0 Å². The lowest BCUT2D eigenvalue weighted by molar-refractivity contribution is 0.156. The molecule has 0 aliphatic carbocycles. The third-order valence-electron chi connectivity index (χ3n) is 6.66. The van der Waals surface area contributed by atoms with Crippen molar-refractivity contribution >= 4 is 22.7 Å². The lowest BCUT2D eigenvalue weighted by atomic mass is 9.82. The summed E-state index contributed by atoms with van der Waals surface area (Å²) >= 11 is 1.51. The number of nitrogens with one attached hydrogen (secondary N) is 1. The standard InChI is InChI=1S/C25H26N4O4S/c1-3-31-24-19-13-29-6-4-15-8-21-22(33-14-32-21)11-18(15)20(29)10-17(19)16(9-23(24)30-2)12-27-28-25-26-5-7-34-25/h5,7-9,11-12,20H,3-4,6,10,13-14H2,1-2H3,(H,26,28)/b27-12+. The zero-order valence-corrected chi connectivity index (χ0v) is 20.0. The Hall–Kier alpha value is -3.30. The molecule has 6 rings (SSSR count). The van der Waals surface area contributed by atoms with Crippen LogP contribution >= 0.6 is 11.3 Å². The first-order chi connectivity index (χ1) is 16.7. The Kier molecular flexibility index (Phi) is 5.50. The highest BCUT2D eigenvalue weighted by atomic mass is 32.1. The lowest BCUT2D eigenvalue weighted by Crippen LogP contribution is -2.40. The SMILES string of the molecule is CCOc1c(OC)cc(/C=N/Nc2nccs2)c2c1CN1CCc3cc4c(cc3C1C2)OCO4. The maximum absolute atomic E-state index is 6.10. The number of ether oxygens (including phenoxy) is 4. The van der Waals surface area contributed by atoms with Crippen LogP contribution in [0.2, 0.25) is 0 Å². The number of fused-ring (bicyclic) bond motifs is 5. The van der Waals surface area contributed by atoms with Gasteiger partial charge in [-0.05, 0) is 54.7 Å². The van der Waals surface area contributed by atoms with Gasteiger partial charge in [-0.1, -0.05) is 0 Å². The average molecular weight is 479 g/mol. The topological polar surface area (TPSA) is 77.4 Å². The molecule has 1 unspecified atom stereocenters. The minimum atomic E-state index is 0.257. The number of nitrogens with zero attached hydrogens (tertiary/aromatic N) is 3. The highest BCUT2D eigenvalue weighted by molar-refractivity contribution is 7.13. The van der Waals surface area contributed by atoms with Crippen molar-refractivity contribution in [2.45, 2.75) is 32.4 Å². The Morgan fingerprint density at radius 2 is 2.15 bits per heavy atom. The van der Waals surface area contributed by atoms with Crippen LogP contribution in [0.3, 0.4) is 0 Å². The summed E-state index contributed by atoms with van der Waals surface area (Å²) in [7, 11) is 1.68. The molecule has 0 radical (unpaired) electrons. The van der Waals surface area contributed by atoms with Gasteiger partial charge in [0.1, 0.15) is 0 Å². The van der Waals surface area contributed by atoms with Gasteiger partial charge in [0.2, 0.25) is 11.9 Å². The number of rotatable bonds is 6. The molecule has 0 fully saturated rings. The predicted molar refractivity (Wildman–Crippen MR) is 131 cm³/mol. The highest BCUT2D eigenvalue weighted by Crippen LogP contribution is 2.47. The zero-order valence-electron chi connectivity index (χ0n) is 19.2. The van der Waals surface area contributed by atoms with Gasteiger partial charge in [-0.2, -0.15) is 5.10 Å². The van der Waals surface area contributed by atoms with E-state index in [1.165, 1.54) is 33.6 Å². The number of hydrazone groups is 1. The minimum Gasteiger partial charge on any atom is -0.493 e. The molecule has 8 nitrogen and oxygen atoms in total. The molecule has 0 spiro atoms. The van der Waals surface area contributed by atoms with Crippen molar-refractivity contribution in [1.29, 1.82) is 0 Å². The molecule has 0 bridgehead atoms. The lowest BCUT2D eigenvalue weighted by Gasteiger charge is -2.42. The molecule has 34 heavy (non-hydrogen) atoms. The van der Waals surface area contributed by atoms with E-state index in [2.05, 4.69) is 32.5 Å². The quantitative estimate of drug-likeness (QED) is 0.416. The van der Waals surface area contributed by atoms with Crippen molar-refractivity contribution in [1.82, 2.24) is 9.88 Å². The van der Waals surface area contributed by atoms with Crippen molar-refractivity contribution < 1.29 is 18.9 Å². The fourth-order valence-corrected chi connectivity index (χ4v) is 5.61. The normalized spacial score (nSPS) is 18.4. The van der Waals surface area contributed by atoms with E-state index >= 15 is 0 Å². The molecule has 3 aliphatic heterocycles. The number of hydrogen-bond donors (Lipinski definition) is 1. The van der Waals surface area contributed by atoms with Gasteiger partial charge in [0.15, 0.2) is 23.0 Å². The third kappa shape index (κ3) is 3.65. The fourth-order valence-electron chi connectivity index (χ4n) is 5.14. The molecule has 0 saturated carbocycles. The molecular weight excluding hydrogens is 452 g/mol. The van der Waals surface area contributed by atoms with E-state index in [-0.39, 0.29) is 6.04 Å². The summed E-state index contributed by atoms with van der Waals surface area (Å²) in [6, 6.07) is 6.61. The van der Waals surface area contributed by atoms with E-state index in [9.17, 15) is 0 Å². The van der Waals surface area contributed by atoms with Gasteiger partial charge >= 0.3 is 0 Å². The first kappa shape index (κ1) is 21.2. The van der Waals surface area contributed by atoms with E-state index in [1.807, 2.05) is 24.6 Å². The smallest absolute Gasteiger partial charge is 0.231 e. The van der Waals surface area contributed by atoms with Crippen LogP contribution in [0.4, 0.5) is 5.13 Å². The summed E-state index contributed by atoms with van der Waals surface area (Å²) in [5.41, 5.74) is 9.12. The Bertz CT molecular complexity index is 1240. The second-order valence-electron chi connectivity index (χ2n) is 8.44. The first-order valence-corrected chi connectivity index (χ1v) is 12.3. The number of hydrogen-bond acceptors (Lipinski definition) is 9. The van der Waals surface area contributed by atoms with E-state index in [1.54, 1.807) is 13.3 Å². The summed E-state index contributed by atoms with van der Waals surface area (Å²) in [6.07, 6.45) is 5.45. The van der Waals surface area contributed by atoms with Gasteiger partial charge in [-0.25, -0.2) is 4.98 Å². The summed E-state index contributed by atoms with van der Waals surface area (Å²) in [4.78, 5) is 6.77. The summed E-state index contributed by atoms with van der Waals surface area (Å²) in [5, 5.41) is 7.14. The van der Waals surface area contributed by atoms with Crippen LogP contribution in [-0.4, -0.2) is 43.2 Å². The van der Waals surface area contributed by atoms with Crippen molar-refractivity contribution in [2.24, 2.45) is 5.10 Å². The van der Waals surface area contributed by atoms with E-state index in [4.69, 9.17) is 18.9 Å². The van der Waals surface area contributed by atoms with Gasteiger partial charge in [0, 0.05) is 41.8 Å². The molecule has 176 valence electrons. The van der Waals surface area contributed by atoms with Crippen molar-refractivity contribution in [3.05, 3.63) is 57.6 Å². The second-order valence-corrected chi connectivity index (χ2v) is 9.33. The number of anilines is 1. The van der Waals surface area contributed by atoms with Crippen LogP contribution < -0.4 is 24.4 Å². The number of aromatic nitrogens is 1. The van der Waals surface area contributed by atoms with Crippen LogP contribution in [0, 0.1) is 0 Å². The van der Waals surface area contributed by atoms with Gasteiger partial charge in [-0.15, -0.1) is 11.3 Å². The second kappa shape index (κ2) is 8.81. The fraction of sp³-hybridized carbons (Fsp3) is 0.360. The monoisotopic (exact) mass is 478 g/mol. The largest absolute Gasteiger partial charge is 0.493 e. The summed E-state index contributed by atoms with van der Waals surface area (Å²) in [6.45, 7) is 4.65. The van der Waals surface area contributed by atoms with Crippen LogP contribution in [0.1, 0.15) is 40.8 Å². The van der Waals surface area contributed by atoms with Crippen LogP contribution in [0.15, 0.2) is 34.9 Å². The highest BCUT2D eigenvalue weighted by Gasteiger charge is 2.36. The van der Waals surface area contributed by atoms with Gasteiger partial charge in [0.25, 0.3) is 0 Å². The maximum atomic E-state index is 6.10. The molecule has 1 N–H and O–H groups in total. The Balaban J connectivity index is 1.41. The van der Waals surface area contributed by atoms with Crippen LogP contribution in [-0.2, 0) is 19.4 Å². The molecule has 3 aliphatic rings. The summed E-state index contributed by atoms with van der Waals surface area (Å²) < 4.78 is 23.2. The van der Waals surface area contributed by atoms with Crippen molar-refractivity contribution in [3.63, 3.8) is 0 Å². The van der Waals surface area contributed by atoms with E-state index < -0.39 is 0 Å². The maximum Gasteiger partial charge on any atom is 0.231 e. The van der Waals surface area contributed by atoms with Gasteiger partial charge in [0.05, 0.1) is 19.9 Å². The number of methoxy groups -OCH3 is 1. The Morgan fingerprint density at radius 3 is 2.94 bits per heavy atom. The summed E-state index contributed by atoms with van der Waals surface area (Å²) in [5.74, 6) is 3.26. The molecule has 1 aromatic heterocycles. The van der Waals surface area contributed by atoms with E-state index in [0.717, 1.165) is 59.6 Å². The average Bonchev–Trinajstić information content (AvgIpc) is 3.54. The molecule has 0 amide bonds. The molecule has 2 aromatic carbocycles. The predicted octanol–water partition coefficient (Wildman–Crippen LogP) is 4.38. The molecular formula is C25H26N4O4S. The number of benzene rings is 2. The van der Waals surface area contributed by atoms with E-state index in [0.29, 0.717) is 13.4 Å². The molecule has 0 saturated heterocycles. The minimum absolute atomic E-state index is 0.257. The number of thiazole rings is 1. The zero-order chi connectivity index (χ0) is 23.1. The van der Waals surface area contributed by atoms with Gasteiger partial charge < -0.3 is 18.9 Å². The Labute approximate surface area is 202 Å². The van der Waals surface area contributed by atoms with Crippen LogP contribution in [0.25, 0.3) is 0 Å². The Morgan fingerprint density at radius 1 is 1.26 bits per heavy atom. The molecule has 4 heterocycles. The molecule has 9 heteroatoms. The third-order valence-corrected chi connectivity index (χ3v) is 7.34. The molecule has 1 atom stereocenters. The van der Waals surface area contributed by atoms with Gasteiger partial charge in [-0.3, -0.25) is 10.3 Å².